The maximum absolute atomic E-state index is 14.1. The van der Waals surface area contributed by atoms with Crippen molar-refractivity contribution in [2.45, 2.75) is 6.42 Å². The molecule has 0 radical (unpaired) electrons. The highest BCUT2D eigenvalue weighted by molar-refractivity contribution is 5.96. The highest BCUT2D eigenvalue weighted by Crippen LogP contribution is 2.34. The first-order valence-corrected chi connectivity index (χ1v) is 9.12. The molecule has 0 unspecified atom stereocenters. The van der Waals surface area contributed by atoms with Crippen molar-refractivity contribution >= 4 is 17.0 Å². The third-order valence-corrected chi connectivity index (χ3v) is 4.70. The second kappa shape index (κ2) is 7.48. The van der Waals surface area contributed by atoms with Crippen molar-refractivity contribution in [2.75, 3.05) is 20.6 Å². The Balaban J connectivity index is 1.91. The minimum absolute atomic E-state index is 0.120. The van der Waals surface area contributed by atoms with E-state index in [1.54, 1.807) is 12.4 Å². The molecular formula is C21H20FN5O2. The first kappa shape index (κ1) is 18.8. The lowest BCUT2D eigenvalue weighted by molar-refractivity contribution is 0.0696. The van der Waals surface area contributed by atoms with E-state index < -0.39 is 11.8 Å². The van der Waals surface area contributed by atoms with Gasteiger partial charge in [0.1, 0.15) is 17.3 Å². The van der Waals surface area contributed by atoms with Crippen molar-refractivity contribution in [3.63, 3.8) is 0 Å². The number of aromatic nitrogens is 4. The molecule has 3 heterocycles. The van der Waals surface area contributed by atoms with Gasteiger partial charge in [0.25, 0.3) is 0 Å². The van der Waals surface area contributed by atoms with E-state index in [0.29, 0.717) is 23.4 Å². The molecule has 8 heteroatoms. The van der Waals surface area contributed by atoms with Crippen LogP contribution < -0.4 is 0 Å². The third-order valence-electron chi connectivity index (χ3n) is 4.70. The SMILES string of the molecule is CN(C)CCc1nc(-c2cc(F)cc(C(=O)O)c2)c(-c2ccnc3[nH]ccc23)[nH]1. The van der Waals surface area contributed by atoms with Crippen molar-refractivity contribution in [3.05, 3.63) is 59.9 Å². The van der Waals surface area contributed by atoms with Crippen LogP contribution in [0.1, 0.15) is 16.2 Å². The monoisotopic (exact) mass is 393 g/mol. The second-order valence-corrected chi connectivity index (χ2v) is 7.09. The van der Waals surface area contributed by atoms with E-state index in [2.05, 4.69) is 19.9 Å². The molecule has 29 heavy (non-hydrogen) atoms. The van der Waals surface area contributed by atoms with E-state index >= 15 is 0 Å². The number of nitrogens with one attached hydrogen (secondary N) is 2. The van der Waals surface area contributed by atoms with Gasteiger partial charge in [0.15, 0.2) is 0 Å². The fourth-order valence-electron chi connectivity index (χ4n) is 3.30. The number of rotatable bonds is 6. The van der Waals surface area contributed by atoms with Crippen LogP contribution in [-0.4, -0.2) is 56.6 Å². The summed E-state index contributed by atoms with van der Waals surface area (Å²) < 4.78 is 14.1. The van der Waals surface area contributed by atoms with Crippen LogP contribution in [0.4, 0.5) is 4.39 Å². The van der Waals surface area contributed by atoms with Gasteiger partial charge in [-0.1, -0.05) is 0 Å². The molecule has 0 saturated heterocycles. The Labute approximate surface area is 166 Å². The quantitative estimate of drug-likeness (QED) is 0.465. The minimum atomic E-state index is -1.19. The molecule has 1 aromatic carbocycles. The molecule has 4 aromatic rings. The Hall–Kier alpha value is -3.52. The van der Waals surface area contributed by atoms with E-state index in [1.807, 2.05) is 31.1 Å². The lowest BCUT2D eigenvalue weighted by Crippen LogP contribution is -2.15. The van der Waals surface area contributed by atoms with Gasteiger partial charge in [0.05, 0.1) is 17.0 Å². The number of aromatic carboxylic acids is 1. The third kappa shape index (κ3) is 3.74. The molecule has 148 valence electrons. The van der Waals surface area contributed by atoms with E-state index in [9.17, 15) is 14.3 Å². The zero-order valence-corrected chi connectivity index (χ0v) is 16.0. The van der Waals surface area contributed by atoms with Crippen molar-refractivity contribution in [2.24, 2.45) is 0 Å². The summed E-state index contributed by atoms with van der Waals surface area (Å²) in [6.07, 6.45) is 4.16. The fraction of sp³-hybridized carbons (Fsp3) is 0.190. The molecule has 0 aliphatic carbocycles. The predicted octanol–water partition coefficient (Wildman–Crippen LogP) is 3.56. The summed E-state index contributed by atoms with van der Waals surface area (Å²) >= 11 is 0. The van der Waals surface area contributed by atoms with Crippen LogP contribution in [0.3, 0.4) is 0 Å². The van der Waals surface area contributed by atoms with Gasteiger partial charge in [0.2, 0.25) is 0 Å². The predicted molar refractivity (Wildman–Crippen MR) is 108 cm³/mol. The van der Waals surface area contributed by atoms with Crippen LogP contribution in [0.25, 0.3) is 33.5 Å². The maximum atomic E-state index is 14.1. The number of halogens is 1. The van der Waals surface area contributed by atoms with Gasteiger partial charge in [-0.3, -0.25) is 0 Å². The summed E-state index contributed by atoms with van der Waals surface area (Å²) in [4.78, 5) is 28.9. The molecule has 0 fully saturated rings. The average Bonchev–Trinajstić information content (AvgIpc) is 3.32. The number of imidazole rings is 1. The Bertz CT molecular complexity index is 1190. The molecular weight excluding hydrogens is 373 g/mol. The van der Waals surface area contributed by atoms with Crippen LogP contribution in [0.2, 0.25) is 0 Å². The molecule has 0 bridgehead atoms. The number of carboxylic acids is 1. The van der Waals surface area contributed by atoms with E-state index in [4.69, 9.17) is 0 Å². The van der Waals surface area contributed by atoms with Crippen LogP contribution in [0.15, 0.2) is 42.7 Å². The number of pyridine rings is 1. The van der Waals surface area contributed by atoms with Crippen LogP contribution in [-0.2, 0) is 6.42 Å². The molecule has 7 nitrogen and oxygen atoms in total. The minimum Gasteiger partial charge on any atom is -0.478 e. The largest absolute Gasteiger partial charge is 0.478 e. The Morgan fingerprint density at radius 2 is 2.07 bits per heavy atom. The van der Waals surface area contributed by atoms with E-state index in [-0.39, 0.29) is 5.56 Å². The number of H-pyrrole nitrogens is 2. The molecule has 0 aliphatic heterocycles. The van der Waals surface area contributed by atoms with Crippen LogP contribution in [0.5, 0.6) is 0 Å². The van der Waals surface area contributed by atoms with Gasteiger partial charge >= 0.3 is 5.97 Å². The fourth-order valence-corrected chi connectivity index (χ4v) is 3.30. The summed E-state index contributed by atoms with van der Waals surface area (Å²) in [6.45, 7) is 0.784. The van der Waals surface area contributed by atoms with Crippen LogP contribution >= 0.6 is 0 Å². The normalized spacial score (nSPS) is 11.4. The number of carboxylic acid groups (broad SMARTS) is 1. The molecule has 0 saturated carbocycles. The first-order chi connectivity index (χ1) is 13.9. The van der Waals surface area contributed by atoms with Gasteiger partial charge in [-0.15, -0.1) is 0 Å². The average molecular weight is 393 g/mol. The number of likely N-dealkylation sites (N-methyl/N-ethyl adjacent to an activating group) is 1. The molecule has 0 atom stereocenters. The molecule has 3 N–H and O–H groups in total. The molecule has 0 aliphatic rings. The number of aromatic amines is 2. The highest BCUT2D eigenvalue weighted by atomic mass is 19.1. The topological polar surface area (TPSA) is 97.9 Å². The number of carbonyl (C=O) groups is 1. The van der Waals surface area contributed by atoms with Crippen molar-refractivity contribution in [1.82, 2.24) is 24.8 Å². The van der Waals surface area contributed by atoms with Gasteiger partial charge < -0.3 is 20.0 Å². The summed E-state index contributed by atoms with van der Waals surface area (Å²) in [5.74, 6) is -1.07. The number of hydrogen-bond acceptors (Lipinski definition) is 4. The van der Waals surface area contributed by atoms with Gasteiger partial charge in [0, 0.05) is 41.9 Å². The smallest absolute Gasteiger partial charge is 0.335 e. The zero-order valence-electron chi connectivity index (χ0n) is 16.0. The highest BCUT2D eigenvalue weighted by Gasteiger charge is 2.19. The summed E-state index contributed by atoms with van der Waals surface area (Å²) in [6, 6.07) is 7.52. The van der Waals surface area contributed by atoms with Gasteiger partial charge in [-0.25, -0.2) is 19.2 Å². The maximum Gasteiger partial charge on any atom is 0.335 e. The molecule has 0 amide bonds. The summed E-state index contributed by atoms with van der Waals surface area (Å²) in [5, 5.41) is 10.2. The summed E-state index contributed by atoms with van der Waals surface area (Å²) in [5.41, 5.74) is 3.08. The van der Waals surface area contributed by atoms with Crippen molar-refractivity contribution in [3.8, 4) is 22.5 Å². The van der Waals surface area contributed by atoms with Crippen LogP contribution in [0, 0.1) is 5.82 Å². The standard InChI is InChI=1S/C21H20FN5O2/c1-27(2)8-5-17-25-18(12-9-13(21(28)29)11-14(22)10-12)19(26-17)15-3-6-23-20-16(15)4-7-24-20/h3-4,6-7,9-11H,5,8H2,1-2H3,(H,23,24)(H,25,26)(H,28,29). The molecule has 4 rings (SSSR count). The molecule has 3 aromatic heterocycles. The van der Waals surface area contributed by atoms with Gasteiger partial charge in [-0.05, 0) is 44.4 Å². The number of fused-ring (bicyclic) bond motifs is 1. The Morgan fingerprint density at radius 3 is 2.83 bits per heavy atom. The van der Waals surface area contributed by atoms with Crippen molar-refractivity contribution < 1.29 is 14.3 Å². The number of benzene rings is 1. The van der Waals surface area contributed by atoms with Gasteiger partial charge in [-0.2, -0.15) is 0 Å². The lowest BCUT2D eigenvalue weighted by Gasteiger charge is -2.06. The second-order valence-electron chi connectivity index (χ2n) is 7.09. The first-order valence-electron chi connectivity index (χ1n) is 9.12. The number of nitrogens with zero attached hydrogens (tertiary/aromatic N) is 3. The Kier molecular flexibility index (Phi) is 4.85. The number of hydrogen-bond donors (Lipinski definition) is 3. The van der Waals surface area contributed by atoms with E-state index in [1.165, 1.54) is 12.1 Å². The zero-order chi connectivity index (χ0) is 20.5. The van der Waals surface area contributed by atoms with E-state index in [0.717, 1.165) is 35.0 Å². The lowest BCUT2D eigenvalue weighted by atomic mass is 10.0. The molecule has 0 spiro atoms. The summed E-state index contributed by atoms with van der Waals surface area (Å²) in [7, 11) is 3.95. The Morgan fingerprint density at radius 1 is 1.24 bits per heavy atom. The van der Waals surface area contributed by atoms with Crippen molar-refractivity contribution in [1.29, 1.82) is 0 Å².